The van der Waals surface area contributed by atoms with Crippen LogP contribution in [0, 0.1) is 11.6 Å². The number of hydrogen-bond acceptors (Lipinski definition) is 6. The number of piperidine rings is 1. The Balaban J connectivity index is 1.55. The van der Waals surface area contributed by atoms with Crippen LogP contribution in [-0.4, -0.2) is 51.5 Å². The third-order valence-corrected chi connectivity index (χ3v) is 6.77. The number of carbonyl (C=O) groups is 1. The first-order chi connectivity index (χ1) is 16.5. The summed E-state index contributed by atoms with van der Waals surface area (Å²) in [6, 6.07) is 10.9. The monoisotopic (exact) mass is 487 g/mol. The zero-order valence-electron chi connectivity index (χ0n) is 19.1. The second-order valence-electron chi connectivity index (χ2n) is 8.11. The number of likely N-dealkylation sites (tertiary alicyclic amines) is 1. The predicted molar refractivity (Wildman–Crippen MR) is 127 cm³/mol. The Bertz CT molecular complexity index is 1130. The first-order valence-electron chi connectivity index (χ1n) is 11.2. The van der Waals surface area contributed by atoms with E-state index in [0.717, 1.165) is 55.3 Å². The Labute approximate surface area is 201 Å². The fourth-order valence-corrected chi connectivity index (χ4v) is 4.75. The van der Waals surface area contributed by atoms with Crippen LogP contribution in [0.3, 0.4) is 0 Å². The highest BCUT2D eigenvalue weighted by Crippen LogP contribution is 2.30. The van der Waals surface area contributed by atoms with E-state index >= 15 is 0 Å². The quantitative estimate of drug-likeness (QED) is 0.459. The number of thioether (sulfide) groups is 1. The number of hydrogen-bond donors (Lipinski definition) is 1. The summed E-state index contributed by atoms with van der Waals surface area (Å²) in [5.74, 6) is -0.758. The average molecular weight is 488 g/mol. The molecule has 1 atom stereocenters. The summed E-state index contributed by atoms with van der Waals surface area (Å²) in [5.41, 5.74) is 1.06. The Kier molecular flexibility index (Phi) is 7.79. The molecule has 10 heteroatoms. The number of methoxy groups -OCH3 is 1. The second-order valence-corrected chi connectivity index (χ2v) is 9.06. The molecule has 34 heavy (non-hydrogen) atoms. The highest BCUT2D eigenvalue weighted by atomic mass is 32.2. The van der Waals surface area contributed by atoms with Gasteiger partial charge >= 0.3 is 0 Å². The van der Waals surface area contributed by atoms with E-state index < -0.39 is 11.6 Å². The molecule has 0 spiro atoms. The van der Waals surface area contributed by atoms with Gasteiger partial charge in [0.05, 0.1) is 18.9 Å². The van der Waals surface area contributed by atoms with Crippen molar-refractivity contribution in [3.8, 4) is 11.4 Å². The molecular weight excluding hydrogens is 460 g/mol. The van der Waals surface area contributed by atoms with E-state index in [0.29, 0.717) is 5.16 Å². The van der Waals surface area contributed by atoms with Crippen LogP contribution in [0.4, 0.5) is 14.5 Å². The molecule has 2 aromatic carbocycles. The Hall–Kier alpha value is -2.98. The molecule has 7 nitrogen and oxygen atoms in total. The van der Waals surface area contributed by atoms with E-state index in [-0.39, 0.29) is 23.4 Å². The van der Waals surface area contributed by atoms with Crippen LogP contribution in [0.15, 0.2) is 47.6 Å². The highest BCUT2D eigenvalue weighted by molar-refractivity contribution is 7.99. The number of halogens is 2. The van der Waals surface area contributed by atoms with E-state index in [1.54, 1.807) is 7.11 Å². The van der Waals surface area contributed by atoms with Gasteiger partial charge in [0.1, 0.15) is 5.75 Å². The molecule has 1 aliphatic rings. The van der Waals surface area contributed by atoms with Crippen molar-refractivity contribution in [3.05, 3.63) is 59.9 Å². The number of nitrogens with one attached hydrogen (secondary N) is 1. The highest BCUT2D eigenvalue weighted by Gasteiger charge is 2.26. The van der Waals surface area contributed by atoms with Gasteiger partial charge in [-0.1, -0.05) is 18.2 Å². The summed E-state index contributed by atoms with van der Waals surface area (Å²) in [6.07, 6.45) is 3.56. The number of benzene rings is 2. The van der Waals surface area contributed by atoms with E-state index in [2.05, 4.69) is 27.3 Å². The van der Waals surface area contributed by atoms with Crippen LogP contribution in [-0.2, 0) is 4.79 Å². The number of rotatable bonds is 8. The lowest BCUT2D eigenvalue weighted by Gasteiger charge is -2.31. The van der Waals surface area contributed by atoms with Gasteiger partial charge in [-0.15, -0.1) is 10.2 Å². The third kappa shape index (κ3) is 5.56. The Morgan fingerprint density at radius 3 is 2.50 bits per heavy atom. The van der Waals surface area contributed by atoms with Crippen molar-refractivity contribution in [3.63, 3.8) is 0 Å². The van der Waals surface area contributed by atoms with Crippen molar-refractivity contribution in [2.45, 2.75) is 37.4 Å². The minimum Gasteiger partial charge on any atom is -0.497 e. The standard InChI is InChI=1S/C24H27F2N5O2S/c1-16(30-12-4-3-5-13-30)23-28-29-24(31(23)18-7-9-19(33-2)10-8-18)34-15-22(32)27-17-6-11-20(25)21(26)14-17/h6-11,14,16H,3-5,12-13,15H2,1-2H3,(H,27,32)/t16-/m1/s1. The predicted octanol–water partition coefficient (Wildman–Crippen LogP) is 4.83. The molecule has 4 rings (SSSR count). The van der Waals surface area contributed by atoms with Gasteiger partial charge in [0, 0.05) is 17.4 Å². The Morgan fingerprint density at radius 2 is 1.82 bits per heavy atom. The number of ether oxygens (including phenoxy) is 1. The fourth-order valence-electron chi connectivity index (χ4n) is 3.99. The summed E-state index contributed by atoms with van der Waals surface area (Å²) in [6.45, 7) is 4.14. The lowest BCUT2D eigenvalue weighted by atomic mass is 10.1. The zero-order chi connectivity index (χ0) is 24.1. The number of nitrogens with zero attached hydrogens (tertiary/aromatic N) is 4. The van der Waals surface area contributed by atoms with E-state index in [1.807, 2.05) is 28.8 Å². The van der Waals surface area contributed by atoms with Crippen LogP contribution in [0.2, 0.25) is 0 Å². The van der Waals surface area contributed by atoms with Gasteiger partial charge in [-0.05, 0) is 69.3 Å². The first-order valence-corrected chi connectivity index (χ1v) is 12.2. The smallest absolute Gasteiger partial charge is 0.234 e. The van der Waals surface area contributed by atoms with Crippen molar-refractivity contribution in [1.29, 1.82) is 0 Å². The van der Waals surface area contributed by atoms with Crippen LogP contribution in [0.1, 0.15) is 38.1 Å². The van der Waals surface area contributed by atoms with Gasteiger partial charge in [0.15, 0.2) is 22.6 Å². The maximum absolute atomic E-state index is 13.4. The van der Waals surface area contributed by atoms with Gasteiger partial charge in [-0.3, -0.25) is 14.3 Å². The summed E-state index contributed by atoms with van der Waals surface area (Å²) in [5, 5.41) is 12.0. The summed E-state index contributed by atoms with van der Waals surface area (Å²) >= 11 is 1.23. The van der Waals surface area contributed by atoms with Crippen molar-refractivity contribution in [2.24, 2.45) is 0 Å². The second kappa shape index (κ2) is 11.0. The molecule has 3 aromatic rings. The summed E-state index contributed by atoms with van der Waals surface area (Å²) in [4.78, 5) is 14.9. The molecular formula is C24H27F2N5O2S. The van der Waals surface area contributed by atoms with Crippen LogP contribution in [0.25, 0.3) is 5.69 Å². The lowest BCUT2D eigenvalue weighted by molar-refractivity contribution is -0.113. The minimum atomic E-state index is -1.01. The van der Waals surface area contributed by atoms with Gasteiger partial charge in [-0.2, -0.15) is 0 Å². The minimum absolute atomic E-state index is 0.0331. The maximum atomic E-state index is 13.4. The van der Waals surface area contributed by atoms with Gasteiger partial charge in [-0.25, -0.2) is 8.78 Å². The van der Waals surface area contributed by atoms with Crippen LogP contribution >= 0.6 is 11.8 Å². The molecule has 0 radical (unpaired) electrons. The molecule has 1 aromatic heterocycles. The maximum Gasteiger partial charge on any atom is 0.234 e. The lowest BCUT2D eigenvalue weighted by Crippen LogP contribution is -2.33. The molecule has 0 bridgehead atoms. The van der Waals surface area contributed by atoms with E-state index in [1.165, 1.54) is 24.2 Å². The van der Waals surface area contributed by atoms with Gasteiger partial charge in [0.25, 0.3) is 0 Å². The van der Waals surface area contributed by atoms with Crippen LogP contribution in [0.5, 0.6) is 5.75 Å². The van der Waals surface area contributed by atoms with Crippen molar-refractivity contribution < 1.29 is 18.3 Å². The molecule has 0 aliphatic carbocycles. The average Bonchev–Trinajstić information content (AvgIpc) is 3.29. The number of anilines is 1. The van der Waals surface area contributed by atoms with Gasteiger partial charge < -0.3 is 10.1 Å². The number of carbonyl (C=O) groups excluding carboxylic acids is 1. The van der Waals surface area contributed by atoms with Gasteiger partial charge in [0.2, 0.25) is 5.91 Å². The molecule has 180 valence electrons. The van der Waals surface area contributed by atoms with Crippen molar-refractivity contribution >= 4 is 23.4 Å². The van der Waals surface area contributed by atoms with Crippen LogP contribution < -0.4 is 10.1 Å². The molecule has 2 heterocycles. The van der Waals surface area contributed by atoms with E-state index in [9.17, 15) is 13.6 Å². The van der Waals surface area contributed by atoms with Crippen molar-refractivity contribution in [2.75, 3.05) is 31.3 Å². The van der Waals surface area contributed by atoms with E-state index in [4.69, 9.17) is 4.74 Å². The van der Waals surface area contributed by atoms with Crippen molar-refractivity contribution in [1.82, 2.24) is 19.7 Å². The topological polar surface area (TPSA) is 72.3 Å². The normalized spacial score (nSPS) is 15.2. The fraction of sp³-hybridized carbons (Fsp3) is 0.375. The summed E-state index contributed by atoms with van der Waals surface area (Å²) in [7, 11) is 1.62. The third-order valence-electron chi connectivity index (χ3n) is 5.84. The summed E-state index contributed by atoms with van der Waals surface area (Å²) < 4.78 is 33.8. The largest absolute Gasteiger partial charge is 0.497 e. The SMILES string of the molecule is COc1ccc(-n2c(SCC(=O)Nc3ccc(F)c(F)c3)nnc2[C@@H](C)N2CCCCC2)cc1. The molecule has 1 aliphatic heterocycles. The molecule has 0 saturated carbocycles. The molecule has 1 saturated heterocycles. The molecule has 1 amide bonds. The molecule has 0 unspecified atom stereocenters. The molecule has 1 fully saturated rings. The zero-order valence-corrected chi connectivity index (χ0v) is 19.9. The Morgan fingerprint density at radius 1 is 1.09 bits per heavy atom. The number of aromatic nitrogens is 3. The molecule has 1 N–H and O–H groups in total. The first kappa shape index (κ1) is 24.2. The number of amides is 1.